The highest BCUT2D eigenvalue weighted by Gasteiger charge is 2.04. The molecule has 0 fully saturated rings. The Morgan fingerprint density at radius 3 is 2.44 bits per heavy atom. The van der Waals surface area contributed by atoms with Crippen molar-refractivity contribution in [2.24, 2.45) is 0 Å². The molecule has 0 aliphatic carbocycles. The summed E-state index contributed by atoms with van der Waals surface area (Å²) in [5, 5.41) is 0. The quantitative estimate of drug-likeness (QED) is 0.721. The SMILES string of the molecule is CCCOc1ccc(C(C)NOCC)cc1. The molecule has 1 atom stereocenters. The van der Waals surface area contributed by atoms with Gasteiger partial charge < -0.3 is 9.57 Å². The molecule has 0 bridgehead atoms. The van der Waals surface area contributed by atoms with E-state index in [-0.39, 0.29) is 6.04 Å². The molecule has 1 aromatic rings. The minimum absolute atomic E-state index is 0.195. The molecule has 3 heteroatoms. The minimum Gasteiger partial charge on any atom is -0.494 e. The molecule has 0 radical (unpaired) electrons. The van der Waals surface area contributed by atoms with E-state index in [1.165, 1.54) is 5.56 Å². The summed E-state index contributed by atoms with van der Waals surface area (Å²) in [5.41, 5.74) is 4.16. The molecule has 0 heterocycles. The number of hydrogen-bond acceptors (Lipinski definition) is 3. The molecule has 0 amide bonds. The summed E-state index contributed by atoms with van der Waals surface area (Å²) in [6.07, 6.45) is 1.03. The van der Waals surface area contributed by atoms with E-state index in [1.807, 2.05) is 19.1 Å². The highest BCUT2D eigenvalue weighted by molar-refractivity contribution is 5.28. The third-order valence-electron chi connectivity index (χ3n) is 2.26. The molecule has 1 rings (SSSR count). The monoisotopic (exact) mass is 223 g/mol. The maximum atomic E-state index is 5.52. The largest absolute Gasteiger partial charge is 0.494 e. The van der Waals surface area contributed by atoms with E-state index in [4.69, 9.17) is 9.57 Å². The van der Waals surface area contributed by atoms with Gasteiger partial charge in [-0.2, -0.15) is 5.48 Å². The van der Waals surface area contributed by atoms with Gasteiger partial charge >= 0.3 is 0 Å². The first kappa shape index (κ1) is 13.0. The van der Waals surface area contributed by atoms with Gasteiger partial charge in [-0.25, -0.2) is 0 Å². The Hall–Kier alpha value is -1.06. The fourth-order valence-corrected chi connectivity index (χ4v) is 1.35. The molecule has 3 nitrogen and oxygen atoms in total. The van der Waals surface area contributed by atoms with Crippen LogP contribution >= 0.6 is 0 Å². The summed E-state index contributed by atoms with van der Waals surface area (Å²) < 4.78 is 5.52. The van der Waals surface area contributed by atoms with Gasteiger partial charge in [-0.1, -0.05) is 19.1 Å². The van der Waals surface area contributed by atoms with Crippen LogP contribution in [0.4, 0.5) is 0 Å². The van der Waals surface area contributed by atoms with E-state index in [9.17, 15) is 0 Å². The van der Waals surface area contributed by atoms with Gasteiger partial charge in [-0.3, -0.25) is 0 Å². The number of nitrogens with one attached hydrogen (secondary N) is 1. The topological polar surface area (TPSA) is 30.5 Å². The molecule has 1 unspecified atom stereocenters. The van der Waals surface area contributed by atoms with Gasteiger partial charge in [0.05, 0.1) is 19.3 Å². The molecule has 1 aromatic carbocycles. The zero-order valence-electron chi connectivity index (χ0n) is 10.3. The van der Waals surface area contributed by atoms with Crippen LogP contribution in [0.5, 0.6) is 5.75 Å². The Kier molecular flexibility index (Phi) is 5.90. The van der Waals surface area contributed by atoms with Crippen LogP contribution in [0.1, 0.15) is 38.8 Å². The third kappa shape index (κ3) is 4.21. The van der Waals surface area contributed by atoms with Crippen LogP contribution in [0.25, 0.3) is 0 Å². The number of hydrogen-bond donors (Lipinski definition) is 1. The summed E-state index contributed by atoms with van der Waals surface area (Å²) in [5.74, 6) is 0.925. The van der Waals surface area contributed by atoms with Crippen molar-refractivity contribution in [1.82, 2.24) is 5.48 Å². The fraction of sp³-hybridized carbons (Fsp3) is 0.538. The second kappa shape index (κ2) is 7.25. The first-order valence-corrected chi connectivity index (χ1v) is 5.88. The van der Waals surface area contributed by atoms with Crippen LogP contribution in [0.2, 0.25) is 0 Å². The summed E-state index contributed by atoms with van der Waals surface area (Å²) in [6.45, 7) is 7.57. The molecule has 0 aliphatic heterocycles. The van der Waals surface area contributed by atoms with Crippen molar-refractivity contribution in [2.45, 2.75) is 33.2 Å². The number of benzene rings is 1. The van der Waals surface area contributed by atoms with Gasteiger partial charge in [-0.05, 0) is 38.0 Å². The van der Waals surface area contributed by atoms with Crippen molar-refractivity contribution < 1.29 is 9.57 Å². The van der Waals surface area contributed by atoms with E-state index in [1.54, 1.807) is 0 Å². The van der Waals surface area contributed by atoms with Crippen LogP contribution in [0.15, 0.2) is 24.3 Å². The molecular weight excluding hydrogens is 202 g/mol. The van der Waals surface area contributed by atoms with Crippen molar-refractivity contribution in [3.8, 4) is 5.75 Å². The second-order valence-corrected chi connectivity index (χ2v) is 3.69. The molecule has 16 heavy (non-hydrogen) atoms. The maximum Gasteiger partial charge on any atom is 0.119 e. The number of rotatable bonds is 7. The van der Waals surface area contributed by atoms with E-state index in [2.05, 4.69) is 31.5 Å². The van der Waals surface area contributed by atoms with Crippen LogP contribution in [0, 0.1) is 0 Å². The van der Waals surface area contributed by atoms with Crippen molar-refractivity contribution >= 4 is 0 Å². The average molecular weight is 223 g/mol. The van der Waals surface area contributed by atoms with Gasteiger partial charge in [0.25, 0.3) is 0 Å². The molecule has 0 aliphatic rings. The van der Waals surface area contributed by atoms with Crippen LogP contribution in [-0.4, -0.2) is 13.2 Å². The first-order chi connectivity index (χ1) is 7.77. The zero-order chi connectivity index (χ0) is 11.8. The lowest BCUT2D eigenvalue weighted by Gasteiger charge is -2.13. The van der Waals surface area contributed by atoms with Crippen LogP contribution < -0.4 is 10.2 Å². The van der Waals surface area contributed by atoms with Crippen LogP contribution in [0.3, 0.4) is 0 Å². The second-order valence-electron chi connectivity index (χ2n) is 3.69. The summed E-state index contributed by atoms with van der Waals surface area (Å²) in [6, 6.07) is 8.30. The van der Waals surface area contributed by atoms with Gasteiger partial charge in [0.2, 0.25) is 0 Å². The Morgan fingerprint density at radius 1 is 1.19 bits per heavy atom. The van der Waals surface area contributed by atoms with E-state index in [0.29, 0.717) is 6.61 Å². The zero-order valence-corrected chi connectivity index (χ0v) is 10.3. The smallest absolute Gasteiger partial charge is 0.119 e. The lowest BCUT2D eigenvalue weighted by Crippen LogP contribution is -2.18. The number of hydroxylamine groups is 1. The van der Waals surface area contributed by atoms with Gasteiger partial charge in [0, 0.05) is 0 Å². The summed E-state index contributed by atoms with van der Waals surface area (Å²) in [7, 11) is 0. The molecule has 0 saturated heterocycles. The molecular formula is C13H21NO2. The van der Waals surface area contributed by atoms with Crippen molar-refractivity contribution in [3.63, 3.8) is 0 Å². The predicted molar refractivity (Wildman–Crippen MR) is 65.4 cm³/mol. The van der Waals surface area contributed by atoms with Gasteiger partial charge in [0.1, 0.15) is 5.75 Å². The Morgan fingerprint density at radius 2 is 1.88 bits per heavy atom. The molecule has 90 valence electrons. The van der Waals surface area contributed by atoms with Crippen LogP contribution in [-0.2, 0) is 4.84 Å². The summed E-state index contributed by atoms with van der Waals surface area (Å²) in [4.78, 5) is 5.16. The highest BCUT2D eigenvalue weighted by Crippen LogP contribution is 2.17. The van der Waals surface area contributed by atoms with Crippen molar-refractivity contribution in [3.05, 3.63) is 29.8 Å². The minimum atomic E-state index is 0.195. The maximum absolute atomic E-state index is 5.52. The Labute approximate surface area is 97.7 Å². The normalized spacial score (nSPS) is 12.4. The Bertz CT molecular complexity index is 284. The molecule has 0 aromatic heterocycles. The number of ether oxygens (including phenoxy) is 1. The Balaban J connectivity index is 2.49. The van der Waals surface area contributed by atoms with Crippen molar-refractivity contribution in [1.29, 1.82) is 0 Å². The highest BCUT2D eigenvalue weighted by atomic mass is 16.6. The van der Waals surface area contributed by atoms with Gasteiger partial charge in [0.15, 0.2) is 0 Å². The van der Waals surface area contributed by atoms with Crippen molar-refractivity contribution in [2.75, 3.05) is 13.2 Å². The summed E-state index contributed by atoms with van der Waals surface area (Å²) >= 11 is 0. The molecule has 0 saturated carbocycles. The molecule has 0 spiro atoms. The third-order valence-corrected chi connectivity index (χ3v) is 2.26. The van der Waals surface area contributed by atoms with E-state index < -0.39 is 0 Å². The van der Waals surface area contributed by atoms with E-state index in [0.717, 1.165) is 18.8 Å². The lowest BCUT2D eigenvalue weighted by molar-refractivity contribution is 0.0285. The van der Waals surface area contributed by atoms with Gasteiger partial charge in [-0.15, -0.1) is 0 Å². The first-order valence-electron chi connectivity index (χ1n) is 5.88. The molecule has 1 N–H and O–H groups in total. The standard InChI is InChI=1S/C13H21NO2/c1-4-10-15-13-8-6-12(7-9-13)11(3)14-16-5-2/h6-9,11,14H,4-5,10H2,1-3H3. The van der Waals surface area contributed by atoms with E-state index >= 15 is 0 Å². The fourth-order valence-electron chi connectivity index (χ4n) is 1.35. The predicted octanol–water partition coefficient (Wildman–Crippen LogP) is 3.08. The lowest BCUT2D eigenvalue weighted by atomic mass is 10.1. The average Bonchev–Trinajstić information content (AvgIpc) is 2.34.